The van der Waals surface area contributed by atoms with E-state index in [4.69, 9.17) is 0 Å². The van der Waals surface area contributed by atoms with Crippen molar-refractivity contribution in [3.05, 3.63) is 53.3 Å². The number of hydrogen-bond acceptors (Lipinski definition) is 2. The highest BCUT2D eigenvalue weighted by atomic mass is 79.9. The lowest BCUT2D eigenvalue weighted by atomic mass is 10.0. The third kappa shape index (κ3) is 3.42. The Morgan fingerprint density at radius 2 is 1.94 bits per heavy atom. The summed E-state index contributed by atoms with van der Waals surface area (Å²) >= 11 is 11.5. The lowest BCUT2D eigenvalue weighted by Gasteiger charge is -2.10. The second-order valence-corrected chi connectivity index (χ2v) is 8.35. The lowest BCUT2D eigenvalue weighted by molar-refractivity contribution is 0.178. The third-order valence-corrected chi connectivity index (χ3v) is 5.45. The van der Waals surface area contributed by atoms with Crippen molar-refractivity contribution in [3.8, 4) is 0 Å². The van der Waals surface area contributed by atoms with Crippen molar-refractivity contribution in [1.29, 1.82) is 0 Å². The standard InChI is InChI=1S/C12H8Br3FOS/c13-8-3-6(1-2-9(8)16)4-10(17)7-5-11(14)18-12(7)15/h1-3,5,10,17H,4H2. The van der Waals surface area contributed by atoms with Gasteiger partial charge in [0.2, 0.25) is 0 Å². The van der Waals surface area contributed by atoms with Crippen LogP contribution < -0.4 is 0 Å². The monoisotopic (exact) mass is 456 g/mol. The summed E-state index contributed by atoms with van der Waals surface area (Å²) in [7, 11) is 0. The van der Waals surface area contributed by atoms with Gasteiger partial charge in [-0.3, -0.25) is 0 Å². The van der Waals surface area contributed by atoms with Gasteiger partial charge in [-0.05, 0) is 71.6 Å². The highest BCUT2D eigenvalue weighted by Gasteiger charge is 2.15. The largest absolute Gasteiger partial charge is 0.388 e. The molecule has 1 heterocycles. The molecule has 0 spiro atoms. The second kappa shape index (κ2) is 6.13. The van der Waals surface area contributed by atoms with Crippen molar-refractivity contribution in [1.82, 2.24) is 0 Å². The predicted octanol–water partition coefficient (Wildman–Crippen LogP) is 5.45. The summed E-state index contributed by atoms with van der Waals surface area (Å²) in [4.78, 5) is 0. The molecule has 1 nitrogen and oxygen atoms in total. The van der Waals surface area contributed by atoms with E-state index in [9.17, 15) is 9.50 Å². The van der Waals surface area contributed by atoms with Gasteiger partial charge < -0.3 is 5.11 Å². The molecule has 0 fully saturated rings. The van der Waals surface area contributed by atoms with E-state index in [0.717, 1.165) is 18.7 Å². The molecule has 0 bridgehead atoms. The van der Waals surface area contributed by atoms with Crippen LogP contribution in [0.5, 0.6) is 0 Å². The zero-order chi connectivity index (χ0) is 13.3. The highest BCUT2D eigenvalue weighted by molar-refractivity contribution is 9.12. The summed E-state index contributed by atoms with van der Waals surface area (Å²) in [6.07, 6.45) is -0.167. The molecule has 0 aliphatic rings. The molecule has 1 unspecified atom stereocenters. The molecule has 1 N–H and O–H groups in total. The molecule has 96 valence electrons. The van der Waals surface area contributed by atoms with Gasteiger partial charge in [-0.1, -0.05) is 6.07 Å². The van der Waals surface area contributed by atoms with Gasteiger partial charge in [-0.2, -0.15) is 0 Å². The molecule has 0 saturated carbocycles. The molecule has 0 radical (unpaired) electrons. The van der Waals surface area contributed by atoms with Crippen molar-refractivity contribution in [2.75, 3.05) is 0 Å². The van der Waals surface area contributed by atoms with Crippen LogP contribution in [0.25, 0.3) is 0 Å². The molecule has 1 aromatic carbocycles. The fraction of sp³-hybridized carbons (Fsp3) is 0.167. The maximum absolute atomic E-state index is 13.1. The SMILES string of the molecule is OC(Cc1ccc(F)c(Br)c1)c1cc(Br)sc1Br. The van der Waals surface area contributed by atoms with Crippen molar-refractivity contribution in [3.63, 3.8) is 0 Å². The molecule has 0 aliphatic heterocycles. The Bertz CT molecular complexity index is 570. The number of rotatable bonds is 3. The minimum Gasteiger partial charge on any atom is -0.388 e. The molecule has 0 amide bonds. The highest BCUT2D eigenvalue weighted by Crippen LogP contribution is 2.36. The molecule has 18 heavy (non-hydrogen) atoms. The van der Waals surface area contributed by atoms with Gasteiger partial charge in [0.15, 0.2) is 0 Å². The average molecular weight is 459 g/mol. The predicted molar refractivity (Wildman–Crippen MR) is 82.5 cm³/mol. The summed E-state index contributed by atoms with van der Waals surface area (Å²) in [6.45, 7) is 0. The number of hydrogen-bond donors (Lipinski definition) is 1. The normalized spacial score (nSPS) is 12.7. The van der Waals surface area contributed by atoms with Crippen LogP contribution in [0.2, 0.25) is 0 Å². The van der Waals surface area contributed by atoms with Gasteiger partial charge in [-0.25, -0.2) is 4.39 Å². The summed E-state index contributed by atoms with van der Waals surface area (Å²) in [5.74, 6) is -0.298. The maximum Gasteiger partial charge on any atom is 0.137 e. The minimum atomic E-state index is -0.612. The maximum atomic E-state index is 13.1. The molecule has 1 aromatic heterocycles. The Kier molecular flexibility index (Phi) is 4.99. The smallest absolute Gasteiger partial charge is 0.137 e. The van der Waals surface area contributed by atoms with Gasteiger partial charge in [0, 0.05) is 12.0 Å². The zero-order valence-electron chi connectivity index (χ0n) is 8.96. The van der Waals surface area contributed by atoms with Crippen LogP contribution in [0.3, 0.4) is 0 Å². The van der Waals surface area contributed by atoms with Crippen molar-refractivity contribution >= 4 is 59.1 Å². The first-order valence-electron chi connectivity index (χ1n) is 5.04. The number of aliphatic hydroxyl groups excluding tert-OH is 1. The summed E-state index contributed by atoms with van der Waals surface area (Å²) in [5, 5.41) is 10.2. The van der Waals surface area contributed by atoms with Crippen LogP contribution in [0, 0.1) is 5.82 Å². The van der Waals surface area contributed by atoms with Crippen LogP contribution in [0.1, 0.15) is 17.2 Å². The molecule has 1 atom stereocenters. The molecular formula is C12H8Br3FOS. The van der Waals surface area contributed by atoms with E-state index in [1.54, 1.807) is 12.1 Å². The number of aliphatic hydroxyl groups is 1. The van der Waals surface area contributed by atoms with Gasteiger partial charge >= 0.3 is 0 Å². The first-order chi connectivity index (χ1) is 8.47. The Hall–Kier alpha value is 0.250. The topological polar surface area (TPSA) is 20.2 Å². The van der Waals surface area contributed by atoms with E-state index in [1.165, 1.54) is 17.4 Å². The van der Waals surface area contributed by atoms with E-state index in [0.29, 0.717) is 10.9 Å². The Balaban J connectivity index is 2.18. The third-order valence-electron chi connectivity index (χ3n) is 2.46. The van der Waals surface area contributed by atoms with E-state index < -0.39 is 6.10 Å². The van der Waals surface area contributed by atoms with Gasteiger partial charge in [0.25, 0.3) is 0 Å². The lowest BCUT2D eigenvalue weighted by Crippen LogP contribution is -2.01. The molecular weight excluding hydrogens is 451 g/mol. The summed E-state index contributed by atoms with van der Waals surface area (Å²) < 4.78 is 15.4. The molecule has 6 heteroatoms. The van der Waals surface area contributed by atoms with E-state index in [1.807, 2.05) is 6.07 Å². The number of halogens is 4. The fourth-order valence-corrected chi connectivity index (χ4v) is 4.96. The van der Waals surface area contributed by atoms with Crippen LogP contribution in [0.4, 0.5) is 4.39 Å². The van der Waals surface area contributed by atoms with E-state index in [-0.39, 0.29) is 5.82 Å². The minimum absolute atomic E-state index is 0.298. The summed E-state index contributed by atoms with van der Waals surface area (Å²) in [6, 6.07) is 6.65. The Morgan fingerprint density at radius 1 is 1.22 bits per heavy atom. The van der Waals surface area contributed by atoms with Crippen LogP contribution in [0.15, 0.2) is 36.3 Å². The van der Waals surface area contributed by atoms with Crippen LogP contribution in [-0.4, -0.2) is 5.11 Å². The van der Waals surface area contributed by atoms with Crippen LogP contribution >= 0.6 is 59.1 Å². The van der Waals surface area contributed by atoms with Crippen molar-refractivity contribution < 1.29 is 9.50 Å². The number of benzene rings is 1. The summed E-state index contributed by atoms with van der Waals surface area (Å²) in [5.41, 5.74) is 1.72. The zero-order valence-corrected chi connectivity index (χ0v) is 14.5. The fourth-order valence-electron chi connectivity index (χ4n) is 1.58. The molecule has 2 aromatic rings. The van der Waals surface area contributed by atoms with Gasteiger partial charge in [-0.15, -0.1) is 11.3 Å². The van der Waals surface area contributed by atoms with Gasteiger partial charge in [0.05, 0.1) is 18.1 Å². The molecule has 0 aliphatic carbocycles. The van der Waals surface area contributed by atoms with E-state index >= 15 is 0 Å². The van der Waals surface area contributed by atoms with Crippen molar-refractivity contribution in [2.24, 2.45) is 0 Å². The van der Waals surface area contributed by atoms with Crippen LogP contribution in [-0.2, 0) is 6.42 Å². The molecule has 0 saturated heterocycles. The van der Waals surface area contributed by atoms with Crippen molar-refractivity contribution in [2.45, 2.75) is 12.5 Å². The van der Waals surface area contributed by atoms with E-state index in [2.05, 4.69) is 47.8 Å². The Morgan fingerprint density at radius 3 is 2.50 bits per heavy atom. The average Bonchev–Trinajstić information content (AvgIpc) is 2.63. The number of thiophene rings is 1. The van der Waals surface area contributed by atoms with Gasteiger partial charge in [0.1, 0.15) is 5.82 Å². The first kappa shape index (κ1) is 14.7. The first-order valence-corrected chi connectivity index (χ1v) is 8.23. The second-order valence-electron chi connectivity index (χ2n) is 3.75. The quantitative estimate of drug-likeness (QED) is 0.648. The Labute approximate surface area is 133 Å². The molecule has 2 rings (SSSR count).